The number of amides is 1. The number of nitrogens with one attached hydrogen (secondary N) is 1. The highest BCUT2D eigenvalue weighted by Gasteiger charge is 2.26. The van der Waals surface area contributed by atoms with Gasteiger partial charge in [-0.05, 0) is 49.1 Å². The minimum Gasteiger partial charge on any atom is -0.497 e. The van der Waals surface area contributed by atoms with Crippen LogP contribution in [0.4, 0.5) is 0 Å². The van der Waals surface area contributed by atoms with Gasteiger partial charge in [-0.25, -0.2) is 0 Å². The van der Waals surface area contributed by atoms with E-state index in [1.807, 2.05) is 47.3 Å². The van der Waals surface area contributed by atoms with Gasteiger partial charge in [-0.15, -0.1) is 0 Å². The van der Waals surface area contributed by atoms with Crippen molar-refractivity contribution in [2.24, 2.45) is 0 Å². The van der Waals surface area contributed by atoms with Crippen molar-refractivity contribution in [2.75, 3.05) is 7.11 Å². The van der Waals surface area contributed by atoms with Crippen LogP contribution in [0.25, 0.3) is 0 Å². The van der Waals surface area contributed by atoms with Crippen molar-refractivity contribution in [3.8, 4) is 5.75 Å². The number of nitrogens with zero attached hydrogens (tertiary/aromatic N) is 2. The lowest BCUT2D eigenvalue weighted by Crippen LogP contribution is -2.31. The van der Waals surface area contributed by atoms with E-state index in [1.165, 1.54) is 5.69 Å². The Hall–Kier alpha value is -2.79. The summed E-state index contributed by atoms with van der Waals surface area (Å²) in [5, 5.41) is 8.48. The topological polar surface area (TPSA) is 56.1 Å². The molecule has 0 unspecified atom stereocenters. The predicted molar refractivity (Wildman–Crippen MR) is 109 cm³/mol. The molecule has 1 N–H and O–H groups in total. The zero-order valence-corrected chi connectivity index (χ0v) is 16.4. The molecule has 3 aromatic rings. The number of hydrogen-bond acceptors (Lipinski definition) is 3. The number of hydrogen-bond donors (Lipinski definition) is 1. The van der Waals surface area contributed by atoms with Crippen molar-refractivity contribution < 1.29 is 9.53 Å². The van der Waals surface area contributed by atoms with Gasteiger partial charge in [0.2, 0.25) is 0 Å². The molecule has 0 saturated heterocycles. The van der Waals surface area contributed by atoms with Crippen LogP contribution in [0, 0.1) is 0 Å². The molecule has 2 aromatic carbocycles. The van der Waals surface area contributed by atoms with Gasteiger partial charge in [-0.3, -0.25) is 9.48 Å². The van der Waals surface area contributed by atoms with Crippen molar-refractivity contribution in [1.29, 1.82) is 0 Å². The van der Waals surface area contributed by atoms with E-state index in [4.69, 9.17) is 16.3 Å². The van der Waals surface area contributed by atoms with Gasteiger partial charge in [-0.1, -0.05) is 35.9 Å². The van der Waals surface area contributed by atoms with Crippen LogP contribution in [-0.2, 0) is 13.0 Å². The summed E-state index contributed by atoms with van der Waals surface area (Å²) in [7, 11) is 1.60. The molecule has 28 heavy (non-hydrogen) atoms. The number of ether oxygens (including phenoxy) is 1. The molecule has 6 heteroatoms. The molecular formula is C22H22ClN3O2. The minimum atomic E-state index is -0.101. The molecule has 4 rings (SSSR count). The molecule has 1 amide bonds. The van der Waals surface area contributed by atoms with Crippen LogP contribution in [0.1, 0.15) is 46.1 Å². The van der Waals surface area contributed by atoms with Gasteiger partial charge in [0.05, 0.1) is 25.9 Å². The van der Waals surface area contributed by atoms with Crippen molar-refractivity contribution in [1.82, 2.24) is 15.1 Å². The van der Waals surface area contributed by atoms with Crippen LogP contribution >= 0.6 is 11.6 Å². The molecular weight excluding hydrogens is 374 g/mol. The van der Waals surface area contributed by atoms with Gasteiger partial charge in [0, 0.05) is 21.8 Å². The maximum Gasteiger partial charge on any atom is 0.251 e. The van der Waals surface area contributed by atoms with Crippen molar-refractivity contribution in [3.63, 3.8) is 0 Å². The molecule has 5 nitrogen and oxygen atoms in total. The maximum atomic E-state index is 12.7. The maximum absolute atomic E-state index is 12.7. The van der Waals surface area contributed by atoms with Crippen LogP contribution < -0.4 is 10.1 Å². The standard InChI is InChI=1S/C22H22ClN3O2/c1-28-17-8-4-7-15(12-17)22(27)25-20-10-5-11-21-18(20)13-24-26(21)14-16-6-2-3-9-19(16)23/h2-4,6-9,12-13,20H,5,10-11,14H2,1H3,(H,25,27)/t20-/m0/s1. The Morgan fingerprint density at radius 3 is 2.96 bits per heavy atom. The number of methoxy groups -OCH3 is 1. The average Bonchev–Trinajstić information content (AvgIpc) is 3.13. The van der Waals surface area contributed by atoms with Crippen LogP contribution in [0.15, 0.2) is 54.7 Å². The third-order valence-corrected chi connectivity index (χ3v) is 5.55. The van der Waals surface area contributed by atoms with Gasteiger partial charge in [-0.2, -0.15) is 5.10 Å². The van der Waals surface area contributed by atoms with Gasteiger partial charge < -0.3 is 10.1 Å². The van der Waals surface area contributed by atoms with E-state index in [2.05, 4.69) is 10.4 Å². The smallest absolute Gasteiger partial charge is 0.251 e. The molecule has 1 aliphatic carbocycles. The summed E-state index contributed by atoms with van der Waals surface area (Å²) >= 11 is 6.31. The van der Waals surface area contributed by atoms with Gasteiger partial charge in [0.1, 0.15) is 5.75 Å². The van der Waals surface area contributed by atoms with E-state index in [1.54, 1.807) is 19.2 Å². The molecule has 0 bridgehead atoms. The number of benzene rings is 2. The quantitative estimate of drug-likeness (QED) is 0.696. The summed E-state index contributed by atoms with van der Waals surface area (Å²) in [5.41, 5.74) is 3.89. The number of aromatic nitrogens is 2. The normalized spacial score (nSPS) is 15.7. The van der Waals surface area contributed by atoms with Crippen molar-refractivity contribution in [2.45, 2.75) is 31.8 Å². The summed E-state index contributed by atoms with van der Waals surface area (Å²) in [6.45, 7) is 0.631. The summed E-state index contributed by atoms with van der Waals surface area (Å²) < 4.78 is 7.22. The second-order valence-electron chi connectivity index (χ2n) is 6.95. The third kappa shape index (κ3) is 3.76. The highest BCUT2D eigenvalue weighted by Crippen LogP contribution is 2.31. The number of rotatable bonds is 5. The zero-order chi connectivity index (χ0) is 19.5. The molecule has 0 radical (unpaired) electrons. The number of fused-ring (bicyclic) bond motifs is 1. The van der Waals surface area contributed by atoms with E-state index < -0.39 is 0 Å². The van der Waals surface area contributed by atoms with Crippen LogP contribution in [0.5, 0.6) is 5.75 Å². The van der Waals surface area contributed by atoms with Gasteiger partial charge in [0.15, 0.2) is 0 Å². The summed E-state index contributed by atoms with van der Waals surface area (Å²) in [5.74, 6) is 0.570. The van der Waals surface area contributed by atoms with E-state index in [9.17, 15) is 4.79 Å². The lowest BCUT2D eigenvalue weighted by molar-refractivity contribution is 0.0932. The number of carbonyl (C=O) groups excluding carboxylic acids is 1. The Bertz CT molecular complexity index is 999. The Morgan fingerprint density at radius 1 is 1.29 bits per heavy atom. The molecule has 0 fully saturated rings. The Labute approximate surface area is 169 Å². The SMILES string of the molecule is COc1cccc(C(=O)N[C@H]2CCCc3c2cnn3Cc2ccccc2Cl)c1. The lowest BCUT2D eigenvalue weighted by Gasteiger charge is -2.24. The van der Waals surface area contributed by atoms with E-state index in [-0.39, 0.29) is 11.9 Å². The van der Waals surface area contributed by atoms with E-state index in [0.717, 1.165) is 35.4 Å². The average molecular weight is 396 g/mol. The molecule has 1 aromatic heterocycles. The first-order valence-electron chi connectivity index (χ1n) is 9.38. The van der Waals surface area contributed by atoms with Crippen molar-refractivity contribution >= 4 is 17.5 Å². The summed E-state index contributed by atoms with van der Waals surface area (Å²) in [4.78, 5) is 12.7. The summed E-state index contributed by atoms with van der Waals surface area (Å²) in [6, 6.07) is 15.0. The Morgan fingerprint density at radius 2 is 2.14 bits per heavy atom. The lowest BCUT2D eigenvalue weighted by atomic mass is 9.92. The number of carbonyl (C=O) groups is 1. The van der Waals surface area contributed by atoms with Crippen LogP contribution in [0.3, 0.4) is 0 Å². The molecule has 1 heterocycles. The van der Waals surface area contributed by atoms with Gasteiger partial charge >= 0.3 is 0 Å². The second kappa shape index (κ2) is 8.07. The Balaban J connectivity index is 1.54. The van der Waals surface area contributed by atoms with Crippen LogP contribution in [-0.4, -0.2) is 22.8 Å². The predicted octanol–water partition coefficient (Wildman–Crippen LogP) is 4.40. The zero-order valence-electron chi connectivity index (χ0n) is 15.7. The monoisotopic (exact) mass is 395 g/mol. The Kier molecular flexibility index (Phi) is 5.35. The fraction of sp³-hybridized carbons (Fsp3) is 0.273. The minimum absolute atomic E-state index is 0.0394. The molecule has 1 atom stereocenters. The largest absolute Gasteiger partial charge is 0.497 e. The van der Waals surface area contributed by atoms with E-state index in [0.29, 0.717) is 17.9 Å². The van der Waals surface area contributed by atoms with Crippen LogP contribution in [0.2, 0.25) is 5.02 Å². The molecule has 1 aliphatic rings. The molecule has 0 spiro atoms. The summed E-state index contributed by atoms with van der Waals surface area (Å²) in [6.07, 6.45) is 4.73. The van der Waals surface area contributed by atoms with Crippen molar-refractivity contribution in [3.05, 3.63) is 82.1 Å². The molecule has 144 valence electrons. The molecule has 0 aliphatic heterocycles. The fourth-order valence-electron chi connectivity index (χ4n) is 3.70. The van der Waals surface area contributed by atoms with Gasteiger partial charge in [0.25, 0.3) is 5.91 Å². The first kappa shape index (κ1) is 18.6. The first-order chi connectivity index (χ1) is 13.7. The first-order valence-corrected chi connectivity index (χ1v) is 9.76. The molecule has 0 saturated carbocycles. The number of halogens is 1. The third-order valence-electron chi connectivity index (χ3n) is 5.18. The second-order valence-corrected chi connectivity index (χ2v) is 7.35. The van der Waals surface area contributed by atoms with E-state index >= 15 is 0 Å². The highest BCUT2D eigenvalue weighted by molar-refractivity contribution is 6.31. The highest BCUT2D eigenvalue weighted by atomic mass is 35.5. The fourth-order valence-corrected chi connectivity index (χ4v) is 3.89.